The van der Waals surface area contributed by atoms with Gasteiger partial charge in [-0.2, -0.15) is 0 Å². The van der Waals surface area contributed by atoms with Crippen molar-refractivity contribution in [2.45, 2.75) is 19.4 Å². The highest BCUT2D eigenvalue weighted by atomic mass is 19.1. The molecule has 3 aromatic carbocycles. The Labute approximate surface area is 130 Å². The van der Waals surface area contributed by atoms with E-state index in [1.54, 1.807) is 12.1 Å². The Morgan fingerprint density at radius 2 is 1.86 bits per heavy atom. The number of fused-ring (bicyclic) bond motifs is 3. The van der Waals surface area contributed by atoms with Crippen LogP contribution in [-0.4, -0.2) is 6.54 Å². The maximum absolute atomic E-state index is 13.4. The first kappa shape index (κ1) is 13.3. The Bertz CT molecular complexity index is 826. The predicted octanol–water partition coefficient (Wildman–Crippen LogP) is 5.10. The average Bonchev–Trinajstić information content (AvgIpc) is 2.84. The topological polar surface area (TPSA) is 3.24 Å². The highest BCUT2D eigenvalue weighted by Gasteiger charge is 2.27. The molecular weight excluding hydrogens is 273 g/mol. The predicted molar refractivity (Wildman–Crippen MR) is 89.8 cm³/mol. The summed E-state index contributed by atoms with van der Waals surface area (Å²) in [6.45, 7) is 4.19. The van der Waals surface area contributed by atoms with Gasteiger partial charge in [0.15, 0.2) is 0 Å². The normalized spacial score (nSPS) is 17.0. The summed E-state index contributed by atoms with van der Waals surface area (Å²) < 4.78 is 13.4. The molecule has 0 aromatic heterocycles. The van der Waals surface area contributed by atoms with Crippen LogP contribution in [0.1, 0.15) is 24.0 Å². The second-order valence-electron chi connectivity index (χ2n) is 6.13. The number of nitrogens with zero attached hydrogens (tertiary/aromatic N) is 1. The Morgan fingerprint density at radius 3 is 2.68 bits per heavy atom. The van der Waals surface area contributed by atoms with Gasteiger partial charge in [0.25, 0.3) is 0 Å². The summed E-state index contributed by atoms with van der Waals surface area (Å²) in [7, 11) is 0. The fraction of sp³-hybridized carbons (Fsp3) is 0.200. The van der Waals surface area contributed by atoms with Gasteiger partial charge < -0.3 is 4.90 Å². The summed E-state index contributed by atoms with van der Waals surface area (Å²) in [6.07, 6.45) is 0. The number of halogens is 1. The van der Waals surface area contributed by atoms with Crippen molar-refractivity contribution in [1.29, 1.82) is 0 Å². The van der Waals surface area contributed by atoms with Crippen molar-refractivity contribution >= 4 is 16.5 Å². The first-order valence-corrected chi connectivity index (χ1v) is 7.73. The summed E-state index contributed by atoms with van der Waals surface area (Å²) in [6, 6.07) is 19.8. The molecule has 22 heavy (non-hydrogen) atoms. The van der Waals surface area contributed by atoms with Gasteiger partial charge in [-0.25, -0.2) is 4.39 Å². The summed E-state index contributed by atoms with van der Waals surface area (Å²) in [5.41, 5.74) is 3.96. The van der Waals surface area contributed by atoms with Crippen molar-refractivity contribution in [3.63, 3.8) is 0 Å². The Kier molecular flexibility index (Phi) is 3.11. The smallest absolute Gasteiger partial charge is 0.123 e. The molecule has 1 heterocycles. The van der Waals surface area contributed by atoms with E-state index < -0.39 is 0 Å². The van der Waals surface area contributed by atoms with Gasteiger partial charge in [0, 0.05) is 24.7 Å². The van der Waals surface area contributed by atoms with E-state index in [1.165, 1.54) is 22.2 Å². The monoisotopic (exact) mass is 291 g/mol. The van der Waals surface area contributed by atoms with Gasteiger partial charge in [-0.05, 0) is 40.1 Å². The van der Waals surface area contributed by atoms with Crippen molar-refractivity contribution in [2.24, 2.45) is 0 Å². The van der Waals surface area contributed by atoms with Crippen LogP contribution in [0, 0.1) is 5.82 Å². The van der Waals surface area contributed by atoms with Crippen LogP contribution < -0.4 is 4.90 Å². The third-order valence-electron chi connectivity index (χ3n) is 4.54. The molecule has 0 N–H and O–H groups in total. The lowest BCUT2D eigenvalue weighted by Gasteiger charge is -2.20. The van der Waals surface area contributed by atoms with Gasteiger partial charge in [0.1, 0.15) is 5.82 Å². The van der Waals surface area contributed by atoms with Crippen molar-refractivity contribution < 1.29 is 4.39 Å². The van der Waals surface area contributed by atoms with Crippen LogP contribution in [0.15, 0.2) is 60.7 Å². The molecule has 0 bridgehead atoms. The zero-order valence-corrected chi connectivity index (χ0v) is 12.6. The first-order chi connectivity index (χ1) is 10.7. The van der Waals surface area contributed by atoms with Gasteiger partial charge in [0.2, 0.25) is 0 Å². The molecule has 0 aliphatic carbocycles. The second-order valence-corrected chi connectivity index (χ2v) is 6.13. The van der Waals surface area contributed by atoms with E-state index in [1.807, 2.05) is 18.2 Å². The van der Waals surface area contributed by atoms with E-state index in [2.05, 4.69) is 42.2 Å². The molecule has 110 valence electrons. The minimum Gasteiger partial charge on any atom is -0.366 e. The first-order valence-electron chi connectivity index (χ1n) is 7.73. The summed E-state index contributed by atoms with van der Waals surface area (Å²) >= 11 is 0. The van der Waals surface area contributed by atoms with Gasteiger partial charge in [-0.15, -0.1) is 0 Å². The lowest BCUT2D eigenvalue weighted by atomic mass is 9.96. The number of rotatable bonds is 2. The van der Waals surface area contributed by atoms with Crippen LogP contribution in [-0.2, 0) is 6.54 Å². The van der Waals surface area contributed by atoms with Gasteiger partial charge in [0.05, 0.1) is 0 Å². The fourth-order valence-corrected chi connectivity index (χ4v) is 3.58. The third-order valence-corrected chi connectivity index (χ3v) is 4.54. The maximum atomic E-state index is 13.4. The van der Waals surface area contributed by atoms with Crippen molar-refractivity contribution in [3.8, 4) is 0 Å². The minimum absolute atomic E-state index is 0.167. The molecule has 0 saturated carbocycles. The molecule has 1 unspecified atom stereocenters. The molecule has 4 rings (SSSR count). The molecule has 0 amide bonds. The molecule has 1 atom stereocenters. The molecule has 0 spiro atoms. The van der Waals surface area contributed by atoms with E-state index in [0.717, 1.165) is 18.5 Å². The molecule has 0 fully saturated rings. The zero-order chi connectivity index (χ0) is 15.1. The molecule has 0 radical (unpaired) electrons. The summed E-state index contributed by atoms with van der Waals surface area (Å²) in [5, 5.41) is 2.18. The van der Waals surface area contributed by atoms with Crippen molar-refractivity contribution in [2.75, 3.05) is 11.4 Å². The van der Waals surface area contributed by atoms with E-state index in [4.69, 9.17) is 0 Å². The molecular formula is C20H18FN. The minimum atomic E-state index is -0.167. The Hall–Kier alpha value is -2.35. The van der Waals surface area contributed by atoms with E-state index in [-0.39, 0.29) is 5.82 Å². The largest absolute Gasteiger partial charge is 0.366 e. The van der Waals surface area contributed by atoms with Gasteiger partial charge in [-0.3, -0.25) is 0 Å². The van der Waals surface area contributed by atoms with Crippen LogP contribution in [0.25, 0.3) is 10.8 Å². The Balaban J connectivity index is 1.78. The highest BCUT2D eigenvalue weighted by Crippen LogP contribution is 2.41. The van der Waals surface area contributed by atoms with Crippen molar-refractivity contribution in [1.82, 2.24) is 0 Å². The number of benzene rings is 3. The quantitative estimate of drug-likeness (QED) is 0.634. The average molecular weight is 291 g/mol. The lowest BCUT2D eigenvalue weighted by molar-refractivity contribution is 0.629. The third kappa shape index (κ3) is 2.16. The SMILES string of the molecule is CC1CN(Cc2ccccc2)c2ccc3cc(F)ccc3c21. The number of hydrogen-bond donors (Lipinski definition) is 0. The van der Waals surface area contributed by atoms with Crippen molar-refractivity contribution in [3.05, 3.63) is 77.6 Å². The molecule has 1 aliphatic rings. The molecule has 3 aromatic rings. The molecule has 2 heteroatoms. The van der Waals surface area contributed by atoms with Gasteiger partial charge >= 0.3 is 0 Å². The fourth-order valence-electron chi connectivity index (χ4n) is 3.58. The second kappa shape index (κ2) is 5.13. The zero-order valence-electron chi connectivity index (χ0n) is 12.6. The van der Waals surface area contributed by atoms with E-state index >= 15 is 0 Å². The van der Waals surface area contributed by atoms with Gasteiger partial charge in [-0.1, -0.05) is 49.4 Å². The summed E-state index contributed by atoms with van der Waals surface area (Å²) in [4.78, 5) is 2.43. The standard InChI is InChI=1S/C20H18FN/c1-14-12-22(13-15-5-3-2-4-6-15)19-10-7-16-11-17(21)8-9-18(16)20(14)19/h2-11,14H,12-13H2,1H3. The lowest BCUT2D eigenvalue weighted by Crippen LogP contribution is -2.20. The number of anilines is 1. The Morgan fingerprint density at radius 1 is 1.05 bits per heavy atom. The maximum Gasteiger partial charge on any atom is 0.123 e. The van der Waals surface area contributed by atoms with E-state index in [0.29, 0.717) is 5.92 Å². The summed E-state index contributed by atoms with van der Waals surface area (Å²) in [5.74, 6) is 0.298. The van der Waals surface area contributed by atoms with Crippen LogP contribution in [0.4, 0.5) is 10.1 Å². The highest BCUT2D eigenvalue weighted by molar-refractivity contribution is 5.92. The number of hydrogen-bond acceptors (Lipinski definition) is 1. The van der Waals surface area contributed by atoms with Crippen LogP contribution in [0.3, 0.4) is 0 Å². The van der Waals surface area contributed by atoms with Crippen LogP contribution >= 0.6 is 0 Å². The molecule has 1 aliphatic heterocycles. The van der Waals surface area contributed by atoms with E-state index in [9.17, 15) is 4.39 Å². The van der Waals surface area contributed by atoms with Crippen LogP contribution in [0.2, 0.25) is 0 Å². The molecule has 1 nitrogen and oxygen atoms in total. The molecule has 0 saturated heterocycles. The van der Waals surface area contributed by atoms with Crippen LogP contribution in [0.5, 0.6) is 0 Å².